The van der Waals surface area contributed by atoms with Gasteiger partial charge >= 0.3 is 0 Å². The number of nitrogens with one attached hydrogen (secondary N) is 1. The van der Waals surface area contributed by atoms with E-state index in [-0.39, 0.29) is 0 Å². The smallest absolute Gasteiger partial charge is 0.169 e. The van der Waals surface area contributed by atoms with Crippen LogP contribution in [0.2, 0.25) is 0 Å². The van der Waals surface area contributed by atoms with Crippen LogP contribution in [0.1, 0.15) is 39.0 Å². The molecule has 2 unspecified atom stereocenters. The van der Waals surface area contributed by atoms with Crippen molar-refractivity contribution in [3.05, 3.63) is 0 Å². The van der Waals surface area contributed by atoms with Crippen molar-refractivity contribution in [1.29, 1.82) is 0 Å². The molecule has 0 amide bonds. The van der Waals surface area contributed by atoms with Gasteiger partial charge < -0.3 is 15.0 Å². The normalized spacial score (nSPS) is 30.6. The van der Waals surface area contributed by atoms with Crippen LogP contribution in [0.15, 0.2) is 0 Å². The average molecular weight is 256 g/mol. The molecule has 0 bridgehead atoms. The first kappa shape index (κ1) is 13.1. The zero-order chi connectivity index (χ0) is 12.3. The van der Waals surface area contributed by atoms with E-state index in [1.807, 2.05) is 0 Å². The van der Waals surface area contributed by atoms with E-state index in [0.717, 1.165) is 18.2 Å². The molecule has 3 nitrogen and oxygen atoms in total. The monoisotopic (exact) mass is 256 g/mol. The fraction of sp³-hybridized carbons (Fsp3) is 0.923. The summed E-state index contributed by atoms with van der Waals surface area (Å²) in [5.74, 6) is 0.644. The molecule has 2 aliphatic rings. The van der Waals surface area contributed by atoms with Gasteiger partial charge in [-0.2, -0.15) is 0 Å². The van der Waals surface area contributed by atoms with Crippen molar-refractivity contribution < 1.29 is 4.74 Å². The summed E-state index contributed by atoms with van der Waals surface area (Å²) in [6, 6.07) is 0.614. The molecular weight excluding hydrogens is 232 g/mol. The van der Waals surface area contributed by atoms with Gasteiger partial charge in [0.05, 0.1) is 6.10 Å². The molecule has 1 N–H and O–H groups in total. The Bertz CT molecular complexity index is 266. The van der Waals surface area contributed by atoms with E-state index in [9.17, 15) is 0 Å². The minimum Gasteiger partial charge on any atom is -0.379 e. The van der Waals surface area contributed by atoms with Crippen molar-refractivity contribution in [1.82, 2.24) is 10.2 Å². The standard InChI is InChI=1S/C13H24N2OS/c1-10-7-8-15(9-12(10)16-2)13(17)14-11-5-3-4-6-11/h10-12H,3-9H2,1-2H3,(H,14,17). The zero-order valence-electron chi connectivity index (χ0n) is 10.9. The summed E-state index contributed by atoms with van der Waals surface area (Å²) in [6.07, 6.45) is 6.74. The van der Waals surface area contributed by atoms with E-state index < -0.39 is 0 Å². The van der Waals surface area contributed by atoms with Crippen molar-refractivity contribution in [3.63, 3.8) is 0 Å². The summed E-state index contributed by atoms with van der Waals surface area (Å²) in [4.78, 5) is 2.28. The molecule has 17 heavy (non-hydrogen) atoms. The summed E-state index contributed by atoms with van der Waals surface area (Å²) < 4.78 is 5.52. The van der Waals surface area contributed by atoms with E-state index >= 15 is 0 Å². The van der Waals surface area contributed by atoms with Crippen LogP contribution in [0.4, 0.5) is 0 Å². The lowest BCUT2D eigenvalue weighted by molar-refractivity contribution is 0.0146. The van der Waals surface area contributed by atoms with Gasteiger partial charge in [-0.15, -0.1) is 0 Å². The summed E-state index contributed by atoms with van der Waals surface area (Å²) in [6.45, 7) is 4.27. The SMILES string of the molecule is COC1CN(C(=S)NC2CCCC2)CCC1C. The predicted molar refractivity (Wildman–Crippen MR) is 74.1 cm³/mol. The molecule has 1 aliphatic carbocycles. The molecule has 0 aromatic carbocycles. The Kier molecular flexibility index (Phi) is 4.62. The number of hydrogen-bond donors (Lipinski definition) is 1. The first-order valence-corrected chi connectivity index (χ1v) is 7.19. The average Bonchev–Trinajstić information content (AvgIpc) is 2.82. The molecule has 1 saturated carbocycles. The second kappa shape index (κ2) is 6.01. The molecule has 0 aromatic rings. The van der Waals surface area contributed by atoms with Gasteiger partial charge in [0.25, 0.3) is 0 Å². The van der Waals surface area contributed by atoms with Gasteiger partial charge in [-0.3, -0.25) is 0 Å². The quantitative estimate of drug-likeness (QED) is 0.765. The predicted octanol–water partition coefficient (Wildman–Crippen LogP) is 2.16. The van der Waals surface area contributed by atoms with Crippen molar-refractivity contribution in [2.75, 3.05) is 20.2 Å². The number of rotatable bonds is 2. The number of piperidine rings is 1. The van der Waals surface area contributed by atoms with E-state index in [4.69, 9.17) is 17.0 Å². The Morgan fingerprint density at radius 1 is 1.29 bits per heavy atom. The highest BCUT2D eigenvalue weighted by atomic mass is 32.1. The third-order valence-corrected chi connectivity index (χ3v) is 4.54. The molecule has 1 heterocycles. The summed E-state index contributed by atoms with van der Waals surface area (Å²) >= 11 is 5.51. The first-order valence-electron chi connectivity index (χ1n) is 6.79. The third kappa shape index (κ3) is 3.32. The van der Waals surface area contributed by atoms with Gasteiger partial charge in [0, 0.05) is 26.2 Å². The van der Waals surface area contributed by atoms with Crippen molar-refractivity contribution >= 4 is 17.3 Å². The largest absolute Gasteiger partial charge is 0.379 e. The Balaban J connectivity index is 1.82. The number of hydrogen-bond acceptors (Lipinski definition) is 2. The highest BCUT2D eigenvalue weighted by Gasteiger charge is 2.28. The molecule has 0 aromatic heterocycles. The van der Waals surface area contributed by atoms with Crippen molar-refractivity contribution in [2.24, 2.45) is 5.92 Å². The number of methoxy groups -OCH3 is 1. The summed E-state index contributed by atoms with van der Waals surface area (Å²) in [5, 5.41) is 4.45. The maximum Gasteiger partial charge on any atom is 0.169 e. The topological polar surface area (TPSA) is 24.5 Å². The number of ether oxygens (including phenoxy) is 1. The van der Waals surface area contributed by atoms with E-state index in [1.165, 1.54) is 32.1 Å². The molecule has 0 radical (unpaired) electrons. The van der Waals surface area contributed by atoms with E-state index in [1.54, 1.807) is 7.11 Å². The van der Waals surface area contributed by atoms with Crippen molar-refractivity contribution in [3.8, 4) is 0 Å². The first-order chi connectivity index (χ1) is 8.20. The van der Waals surface area contributed by atoms with Crippen LogP contribution in [-0.4, -0.2) is 42.4 Å². The third-order valence-electron chi connectivity index (χ3n) is 4.16. The lowest BCUT2D eigenvalue weighted by Crippen LogP contribution is -2.51. The van der Waals surface area contributed by atoms with Gasteiger partial charge in [-0.25, -0.2) is 0 Å². The second-order valence-corrected chi connectivity index (χ2v) is 5.80. The molecule has 2 atom stereocenters. The van der Waals surface area contributed by atoms with Crippen LogP contribution >= 0.6 is 12.2 Å². The van der Waals surface area contributed by atoms with Crippen LogP contribution in [0.3, 0.4) is 0 Å². The Hall–Kier alpha value is -0.350. The molecule has 4 heteroatoms. The molecule has 2 rings (SSSR count). The highest BCUT2D eigenvalue weighted by molar-refractivity contribution is 7.80. The molecule has 1 saturated heterocycles. The Morgan fingerprint density at radius 2 is 2.00 bits per heavy atom. The fourth-order valence-electron chi connectivity index (χ4n) is 2.86. The van der Waals surface area contributed by atoms with Crippen LogP contribution in [0.5, 0.6) is 0 Å². The van der Waals surface area contributed by atoms with E-state index in [0.29, 0.717) is 18.1 Å². The lowest BCUT2D eigenvalue weighted by atomic mass is 9.96. The maximum absolute atomic E-state index is 5.52. The van der Waals surface area contributed by atoms with Gasteiger partial charge in [0.2, 0.25) is 0 Å². The number of nitrogens with zero attached hydrogens (tertiary/aromatic N) is 1. The summed E-state index contributed by atoms with van der Waals surface area (Å²) in [5.41, 5.74) is 0. The lowest BCUT2D eigenvalue weighted by Gasteiger charge is -2.38. The zero-order valence-corrected chi connectivity index (χ0v) is 11.8. The van der Waals surface area contributed by atoms with Crippen molar-refractivity contribution in [2.45, 2.75) is 51.2 Å². The van der Waals surface area contributed by atoms with E-state index in [2.05, 4.69) is 17.1 Å². The minimum atomic E-state index is 0.326. The summed E-state index contributed by atoms with van der Waals surface area (Å²) in [7, 11) is 1.80. The van der Waals surface area contributed by atoms with Gasteiger partial charge in [0.1, 0.15) is 0 Å². The van der Waals surface area contributed by atoms with Gasteiger partial charge in [-0.05, 0) is 37.4 Å². The molecular formula is C13H24N2OS. The molecule has 2 fully saturated rings. The molecule has 0 spiro atoms. The van der Waals surface area contributed by atoms with Gasteiger partial charge in [0.15, 0.2) is 5.11 Å². The van der Waals surface area contributed by atoms with Crippen LogP contribution in [0, 0.1) is 5.92 Å². The van der Waals surface area contributed by atoms with Crippen LogP contribution < -0.4 is 5.32 Å². The minimum absolute atomic E-state index is 0.326. The number of thiocarbonyl (C=S) groups is 1. The Labute approximate surface area is 110 Å². The molecule has 98 valence electrons. The van der Waals surface area contributed by atoms with Crippen LogP contribution in [0.25, 0.3) is 0 Å². The Morgan fingerprint density at radius 3 is 2.65 bits per heavy atom. The van der Waals surface area contributed by atoms with Gasteiger partial charge in [-0.1, -0.05) is 19.8 Å². The highest BCUT2D eigenvalue weighted by Crippen LogP contribution is 2.21. The number of likely N-dealkylation sites (tertiary alicyclic amines) is 1. The molecule has 1 aliphatic heterocycles. The fourth-order valence-corrected chi connectivity index (χ4v) is 3.19. The second-order valence-electron chi connectivity index (χ2n) is 5.42. The maximum atomic E-state index is 5.52. The van der Waals surface area contributed by atoms with Crippen LogP contribution in [-0.2, 0) is 4.74 Å².